The van der Waals surface area contributed by atoms with E-state index in [0.29, 0.717) is 17.3 Å². The molecule has 0 aliphatic carbocycles. The number of aryl methyl sites for hydroxylation is 1. The molecule has 15 heavy (non-hydrogen) atoms. The molecule has 0 atom stereocenters. The average molecular weight is 208 g/mol. The molecule has 6 nitrogen and oxygen atoms in total. The van der Waals surface area contributed by atoms with E-state index in [4.69, 9.17) is 13.9 Å². The van der Waals surface area contributed by atoms with Gasteiger partial charge in [-0.15, -0.1) is 10.2 Å². The van der Waals surface area contributed by atoms with E-state index >= 15 is 0 Å². The van der Waals surface area contributed by atoms with Gasteiger partial charge < -0.3 is 13.9 Å². The van der Waals surface area contributed by atoms with Gasteiger partial charge in [-0.1, -0.05) is 0 Å². The Labute approximate surface area is 84.5 Å². The topological polar surface area (TPSA) is 89.4 Å². The summed E-state index contributed by atoms with van der Waals surface area (Å²) in [6, 6.07) is 1.69. The number of aromatic nitrogens is 2. The SMILES string of the molecule is O=C(O)CCc1nnc(-c2ccoc2)o1. The van der Waals surface area contributed by atoms with Crippen molar-refractivity contribution < 1.29 is 18.7 Å². The van der Waals surface area contributed by atoms with E-state index in [-0.39, 0.29) is 12.8 Å². The van der Waals surface area contributed by atoms with Crippen molar-refractivity contribution in [1.82, 2.24) is 10.2 Å². The highest BCUT2D eigenvalue weighted by Crippen LogP contribution is 2.18. The van der Waals surface area contributed by atoms with Crippen LogP contribution >= 0.6 is 0 Å². The predicted octanol–water partition coefficient (Wildman–Crippen LogP) is 1.35. The standard InChI is InChI=1S/C9H8N2O4/c12-8(13)2-1-7-10-11-9(15-7)6-3-4-14-5-6/h3-5H,1-2H2,(H,12,13). The van der Waals surface area contributed by atoms with E-state index in [2.05, 4.69) is 10.2 Å². The summed E-state index contributed by atoms with van der Waals surface area (Å²) in [6.07, 6.45) is 3.19. The summed E-state index contributed by atoms with van der Waals surface area (Å²) in [6.45, 7) is 0. The Morgan fingerprint density at radius 1 is 1.47 bits per heavy atom. The zero-order chi connectivity index (χ0) is 10.7. The zero-order valence-electron chi connectivity index (χ0n) is 7.71. The number of hydrogen-bond acceptors (Lipinski definition) is 5. The van der Waals surface area contributed by atoms with Crippen LogP contribution in [0.3, 0.4) is 0 Å². The summed E-state index contributed by atoms with van der Waals surface area (Å²) < 4.78 is 10.1. The quantitative estimate of drug-likeness (QED) is 0.815. The molecule has 2 aromatic rings. The first kappa shape index (κ1) is 9.45. The molecule has 0 unspecified atom stereocenters. The number of nitrogens with zero attached hydrogens (tertiary/aromatic N) is 2. The molecule has 78 valence electrons. The molecule has 0 bridgehead atoms. The second-order valence-corrected chi connectivity index (χ2v) is 2.91. The van der Waals surface area contributed by atoms with Crippen molar-refractivity contribution >= 4 is 5.97 Å². The van der Waals surface area contributed by atoms with Crippen LogP contribution in [0.15, 0.2) is 27.4 Å². The molecule has 2 heterocycles. The van der Waals surface area contributed by atoms with Gasteiger partial charge >= 0.3 is 5.97 Å². The van der Waals surface area contributed by atoms with Crippen LogP contribution < -0.4 is 0 Å². The minimum absolute atomic E-state index is 0.0208. The van der Waals surface area contributed by atoms with Crippen molar-refractivity contribution in [3.05, 3.63) is 24.5 Å². The van der Waals surface area contributed by atoms with Gasteiger partial charge in [0.25, 0.3) is 5.89 Å². The van der Waals surface area contributed by atoms with Crippen molar-refractivity contribution in [2.45, 2.75) is 12.8 Å². The van der Waals surface area contributed by atoms with E-state index in [1.807, 2.05) is 0 Å². The molecular formula is C9H8N2O4. The smallest absolute Gasteiger partial charge is 0.303 e. The highest BCUT2D eigenvalue weighted by Gasteiger charge is 2.10. The Kier molecular flexibility index (Phi) is 2.49. The van der Waals surface area contributed by atoms with Gasteiger partial charge in [0.2, 0.25) is 5.89 Å². The molecule has 0 fully saturated rings. The van der Waals surface area contributed by atoms with Crippen LogP contribution in [-0.2, 0) is 11.2 Å². The second kappa shape index (κ2) is 3.95. The third-order valence-corrected chi connectivity index (χ3v) is 1.79. The Morgan fingerprint density at radius 3 is 3.00 bits per heavy atom. The van der Waals surface area contributed by atoms with E-state index in [1.54, 1.807) is 6.07 Å². The first-order chi connectivity index (χ1) is 7.25. The van der Waals surface area contributed by atoms with E-state index in [0.717, 1.165) is 0 Å². The minimum atomic E-state index is -0.891. The Bertz CT molecular complexity index is 446. The number of aliphatic carboxylic acids is 1. The molecule has 0 saturated carbocycles. The monoisotopic (exact) mass is 208 g/mol. The Morgan fingerprint density at radius 2 is 2.33 bits per heavy atom. The van der Waals surface area contributed by atoms with Crippen molar-refractivity contribution in [3.63, 3.8) is 0 Å². The van der Waals surface area contributed by atoms with Crippen LogP contribution in [0.25, 0.3) is 11.5 Å². The van der Waals surface area contributed by atoms with E-state index < -0.39 is 5.97 Å². The van der Waals surface area contributed by atoms with Gasteiger partial charge in [0.05, 0.1) is 18.2 Å². The molecule has 2 rings (SSSR count). The molecule has 0 radical (unpaired) electrons. The Hall–Kier alpha value is -2.11. The molecule has 1 N–H and O–H groups in total. The number of carboxylic acids is 1. The summed E-state index contributed by atoms with van der Waals surface area (Å²) in [7, 11) is 0. The van der Waals surface area contributed by atoms with Gasteiger partial charge in [-0.25, -0.2) is 0 Å². The maximum absolute atomic E-state index is 10.3. The first-order valence-electron chi connectivity index (χ1n) is 4.32. The lowest BCUT2D eigenvalue weighted by Crippen LogP contribution is -1.97. The zero-order valence-corrected chi connectivity index (χ0v) is 7.71. The minimum Gasteiger partial charge on any atom is -0.481 e. The largest absolute Gasteiger partial charge is 0.481 e. The number of carbonyl (C=O) groups is 1. The summed E-state index contributed by atoms with van der Waals surface area (Å²) in [4.78, 5) is 10.3. The third-order valence-electron chi connectivity index (χ3n) is 1.79. The fraction of sp³-hybridized carbons (Fsp3) is 0.222. The van der Waals surface area contributed by atoms with Crippen molar-refractivity contribution in [3.8, 4) is 11.5 Å². The molecule has 0 aliphatic heterocycles. The second-order valence-electron chi connectivity index (χ2n) is 2.91. The number of rotatable bonds is 4. The summed E-state index contributed by atoms with van der Waals surface area (Å²) >= 11 is 0. The van der Waals surface area contributed by atoms with E-state index in [1.165, 1.54) is 12.5 Å². The van der Waals surface area contributed by atoms with Gasteiger partial charge in [0, 0.05) is 6.42 Å². The highest BCUT2D eigenvalue weighted by molar-refractivity contribution is 5.66. The first-order valence-corrected chi connectivity index (χ1v) is 4.32. The fourth-order valence-corrected chi connectivity index (χ4v) is 1.07. The van der Waals surface area contributed by atoms with Crippen LogP contribution in [-0.4, -0.2) is 21.3 Å². The van der Waals surface area contributed by atoms with Crippen LogP contribution in [0.4, 0.5) is 0 Å². The molecule has 0 spiro atoms. The van der Waals surface area contributed by atoms with Crippen LogP contribution in [0.5, 0.6) is 0 Å². The van der Waals surface area contributed by atoms with Gasteiger partial charge in [-0.2, -0.15) is 0 Å². The van der Waals surface area contributed by atoms with Gasteiger partial charge in [0.15, 0.2) is 0 Å². The van der Waals surface area contributed by atoms with Crippen LogP contribution in [0.1, 0.15) is 12.3 Å². The van der Waals surface area contributed by atoms with Crippen LogP contribution in [0, 0.1) is 0 Å². The normalized spacial score (nSPS) is 10.4. The predicted molar refractivity (Wildman–Crippen MR) is 48.0 cm³/mol. The molecule has 0 amide bonds. The van der Waals surface area contributed by atoms with Gasteiger partial charge in [-0.3, -0.25) is 4.79 Å². The molecule has 2 aromatic heterocycles. The van der Waals surface area contributed by atoms with Gasteiger partial charge in [0.1, 0.15) is 6.26 Å². The summed E-state index contributed by atoms with van der Waals surface area (Å²) in [5, 5.41) is 16.0. The number of furan rings is 1. The van der Waals surface area contributed by atoms with Crippen molar-refractivity contribution in [2.24, 2.45) is 0 Å². The maximum atomic E-state index is 10.3. The van der Waals surface area contributed by atoms with Gasteiger partial charge in [-0.05, 0) is 6.07 Å². The lowest BCUT2D eigenvalue weighted by Gasteiger charge is -1.88. The molecule has 0 aliphatic rings. The third kappa shape index (κ3) is 2.22. The highest BCUT2D eigenvalue weighted by atomic mass is 16.4. The molecular weight excluding hydrogens is 200 g/mol. The number of hydrogen-bond donors (Lipinski definition) is 1. The molecule has 0 aromatic carbocycles. The maximum Gasteiger partial charge on any atom is 0.303 e. The fourth-order valence-electron chi connectivity index (χ4n) is 1.07. The Balaban J connectivity index is 2.08. The lowest BCUT2D eigenvalue weighted by atomic mass is 10.3. The summed E-state index contributed by atoms with van der Waals surface area (Å²) in [5.74, 6) is -0.240. The average Bonchev–Trinajstić information content (AvgIpc) is 2.85. The molecule has 0 saturated heterocycles. The molecule has 6 heteroatoms. The van der Waals surface area contributed by atoms with Crippen LogP contribution in [0.2, 0.25) is 0 Å². The summed E-state index contributed by atoms with van der Waals surface area (Å²) in [5.41, 5.74) is 0.684. The lowest BCUT2D eigenvalue weighted by molar-refractivity contribution is -0.137. The van der Waals surface area contributed by atoms with Crippen molar-refractivity contribution in [2.75, 3.05) is 0 Å². The number of carboxylic acid groups (broad SMARTS) is 1. The van der Waals surface area contributed by atoms with Crippen molar-refractivity contribution in [1.29, 1.82) is 0 Å². The van der Waals surface area contributed by atoms with E-state index in [9.17, 15) is 4.79 Å².